The Bertz CT molecular complexity index is 192. The van der Waals surface area contributed by atoms with Crippen molar-refractivity contribution < 1.29 is 69.1 Å². The Morgan fingerprint density at radius 3 is 2.27 bits per heavy atom. The van der Waals surface area contributed by atoms with Crippen molar-refractivity contribution in [3.63, 3.8) is 0 Å². The Morgan fingerprint density at radius 2 is 1.93 bits per heavy atom. The fraction of sp³-hybridized carbons (Fsp3) is 0.857. The number of unbranched alkanes of at least 4 members (excludes halogenated alkanes) is 1. The number of carbonyl (C=O) groups excluding carboxylic acids is 1. The average Bonchev–Trinajstić information content (AvgIpc) is 1.96. The molecule has 8 heteroatoms. The summed E-state index contributed by atoms with van der Waals surface area (Å²) in [6.07, 6.45) is 0.419. The van der Waals surface area contributed by atoms with Crippen molar-refractivity contribution >= 4 is 12.9 Å². The van der Waals surface area contributed by atoms with Crippen LogP contribution in [0.25, 0.3) is 0 Å². The third-order valence-corrected chi connectivity index (χ3v) is 1.67. The fourth-order valence-electron chi connectivity index (χ4n) is 1.13. The van der Waals surface area contributed by atoms with Gasteiger partial charge in [-0.15, -0.1) is 0 Å². The fourth-order valence-corrected chi connectivity index (χ4v) is 1.13. The molecule has 0 atom stereocenters. The van der Waals surface area contributed by atoms with Gasteiger partial charge in [-0.05, 0) is 19.4 Å². The molecule has 3 nitrogen and oxygen atoms in total. The molecule has 0 saturated carbocycles. The number of amides is 1. The number of hydrogen-bond donors (Lipinski definition) is 1. The molecule has 0 aliphatic rings. The van der Waals surface area contributed by atoms with Crippen molar-refractivity contribution in [2.24, 2.45) is 5.73 Å². The van der Waals surface area contributed by atoms with Crippen molar-refractivity contribution in [3.8, 4) is 0 Å². The van der Waals surface area contributed by atoms with E-state index in [1.165, 1.54) is 0 Å². The van der Waals surface area contributed by atoms with Crippen LogP contribution in [0.4, 0.5) is 12.9 Å². The SMILES string of the molecule is CCCCN(CC(N)=O)C[B-](F)(F)F.[K+]. The second kappa shape index (κ2) is 9.00. The Hall–Kier alpha value is 0.921. The summed E-state index contributed by atoms with van der Waals surface area (Å²) < 4.78 is 36.2. The van der Waals surface area contributed by atoms with Crippen LogP contribution < -0.4 is 57.1 Å². The van der Waals surface area contributed by atoms with Gasteiger partial charge in [-0.25, -0.2) is 0 Å². The Kier molecular flexibility index (Phi) is 11.0. The molecule has 0 bridgehead atoms. The quantitative estimate of drug-likeness (QED) is 0.529. The van der Waals surface area contributed by atoms with Crippen molar-refractivity contribution in [3.05, 3.63) is 0 Å². The smallest absolute Gasteiger partial charge is 0.448 e. The van der Waals surface area contributed by atoms with Crippen molar-refractivity contribution in [2.45, 2.75) is 19.8 Å². The molecule has 0 saturated heterocycles. The van der Waals surface area contributed by atoms with Crippen molar-refractivity contribution in [1.29, 1.82) is 0 Å². The van der Waals surface area contributed by atoms with Gasteiger partial charge in [-0.2, -0.15) is 0 Å². The molecule has 0 heterocycles. The molecule has 15 heavy (non-hydrogen) atoms. The van der Waals surface area contributed by atoms with E-state index >= 15 is 0 Å². The normalized spacial score (nSPS) is 11.3. The number of primary amides is 1. The van der Waals surface area contributed by atoms with Crippen LogP contribution in [-0.2, 0) is 4.79 Å². The van der Waals surface area contributed by atoms with Crippen LogP contribution in [0, 0.1) is 0 Å². The summed E-state index contributed by atoms with van der Waals surface area (Å²) in [6, 6.07) is 0. The largest absolute Gasteiger partial charge is 1.00 e. The second-order valence-corrected chi connectivity index (χ2v) is 3.27. The first-order valence-electron chi connectivity index (χ1n) is 4.57. The summed E-state index contributed by atoms with van der Waals surface area (Å²) in [5, 5.41) is 0. The van der Waals surface area contributed by atoms with E-state index in [1.54, 1.807) is 0 Å². The van der Waals surface area contributed by atoms with Crippen LogP contribution in [0.2, 0.25) is 0 Å². The summed E-state index contributed by atoms with van der Waals surface area (Å²) >= 11 is 0. The maximum Gasteiger partial charge on any atom is 1.00 e. The number of nitrogens with two attached hydrogens (primary N) is 1. The van der Waals surface area contributed by atoms with Gasteiger partial charge in [0.05, 0.1) is 6.54 Å². The van der Waals surface area contributed by atoms with E-state index in [2.05, 4.69) is 0 Å². The molecule has 0 radical (unpaired) electrons. The minimum atomic E-state index is -4.88. The Morgan fingerprint density at radius 1 is 1.40 bits per heavy atom. The number of carbonyl (C=O) groups is 1. The van der Waals surface area contributed by atoms with Gasteiger partial charge in [-0.1, -0.05) is 13.3 Å². The minimum absolute atomic E-state index is 0. The maximum atomic E-state index is 12.1. The predicted octanol–water partition coefficient (Wildman–Crippen LogP) is -2.04. The number of halogens is 3. The molecule has 0 aliphatic carbocycles. The summed E-state index contributed by atoms with van der Waals surface area (Å²) in [7, 11) is 0. The molecule has 84 valence electrons. The van der Waals surface area contributed by atoms with E-state index in [1.807, 2.05) is 6.92 Å². The molecular weight excluding hydrogens is 235 g/mol. The number of rotatable bonds is 7. The van der Waals surface area contributed by atoms with Gasteiger partial charge in [0.25, 0.3) is 0 Å². The third-order valence-electron chi connectivity index (χ3n) is 1.67. The van der Waals surface area contributed by atoms with Crippen molar-refractivity contribution in [2.75, 3.05) is 19.5 Å². The molecule has 0 aromatic heterocycles. The van der Waals surface area contributed by atoms with E-state index < -0.39 is 19.3 Å². The molecule has 0 unspecified atom stereocenters. The molecular formula is C7H15BF3KN2O. The standard InChI is InChI=1S/C7H15BF3N2O.K/c1-2-3-4-13(5-7(12)14)6-8(9,10)11;/h2-6H2,1H3,(H2,12,14);/q-1;+1. The van der Waals surface area contributed by atoms with Gasteiger partial charge in [0.2, 0.25) is 5.91 Å². The zero-order chi connectivity index (χ0) is 11.2. The van der Waals surface area contributed by atoms with Crippen molar-refractivity contribution in [1.82, 2.24) is 4.90 Å². The summed E-state index contributed by atoms with van der Waals surface area (Å²) in [5.74, 6) is -0.721. The average molecular weight is 250 g/mol. The number of nitrogens with zero attached hydrogens (tertiary/aromatic N) is 1. The predicted molar refractivity (Wildman–Crippen MR) is 49.6 cm³/mol. The molecule has 0 aromatic rings. The number of hydrogen-bond acceptors (Lipinski definition) is 2. The molecule has 2 N–H and O–H groups in total. The second-order valence-electron chi connectivity index (χ2n) is 3.27. The first-order chi connectivity index (χ1) is 6.35. The van der Waals surface area contributed by atoms with Gasteiger partial charge >= 0.3 is 58.4 Å². The van der Waals surface area contributed by atoms with Crippen LogP contribution in [-0.4, -0.2) is 37.3 Å². The van der Waals surface area contributed by atoms with Gasteiger partial charge < -0.3 is 23.6 Å². The summed E-state index contributed by atoms with van der Waals surface area (Å²) in [5.41, 5.74) is 4.84. The first kappa shape index (κ1) is 18.3. The van der Waals surface area contributed by atoms with Crippen LogP contribution in [0.15, 0.2) is 0 Å². The van der Waals surface area contributed by atoms with Crippen LogP contribution in [0.1, 0.15) is 19.8 Å². The molecule has 0 aliphatic heterocycles. The van der Waals surface area contributed by atoms with E-state index in [9.17, 15) is 17.7 Å². The molecule has 0 rings (SSSR count). The zero-order valence-corrected chi connectivity index (χ0v) is 12.3. The van der Waals surface area contributed by atoms with E-state index in [4.69, 9.17) is 5.73 Å². The molecule has 0 spiro atoms. The van der Waals surface area contributed by atoms with E-state index in [0.29, 0.717) is 6.42 Å². The first-order valence-corrected chi connectivity index (χ1v) is 4.57. The van der Waals surface area contributed by atoms with Gasteiger partial charge in [0, 0.05) is 0 Å². The molecule has 1 amide bonds. The van der Waals surface area contributed by atoms with Crippen LogP contribution >= 0.6 is 0 Å². The van der Waals surface area contributed by atoms with Gasteiger partial charge in [0.1, 0.15) is 0 Å². The van der Waals surface area contributed by atoms with E-state index in [0.717, 1.165) is 11.3 Å². The van der Waals surface area contributed by atoms with Crippen LogP contribution in [0.3, 0.4) is 0 Å². The third kappa shape index (κ3) is 12.9. The van der Waals surface area contributed by atoms with E-state index in [-0.39, 0.29) is 64.5 Å². The molecule has 0 aromatic carbocycles. The Labute approximate surface area is 130 Å². The maximum absolute atomic E-state index is 12.1. The summed E-state index contributed by atoms with van der Waals surface area (Å²) in [6.45, 7) is -3.06. The summed E-state index contributed by atoms with van der Waals surface area (Å²) in [4.78, 5) is 11.5. The topological polar surface area (TPSA) is 46.3 Å². The minimum Gasteiger partial charge on any atom is -0.448 e. The monoisotopic (exact) mass is 250 g/mol. The molecule has 0 fully saturated rings. The zero-order valence-electron chi connectivity index (χ0n) is 9.18. The van der Waals surface area contributed by atoms with Crippen LogP contribution in [0.5, 0.6) is 0 Å². The Balaban J connectivity index is 0. The van der Waals surface area contributed by atoms with Gasteiger partial charge in [0.15, 0.2) is 0 Å². The van der Waals surface area contributed by atoms with Gasteiger partial charge in [-0.3, -0.25) is 4.79 Å².